The summed E-state index contributed by atoms with van der Waals surface area (Å²) in [6.07, 6.45) is 4.24. The molecule has 2 aromatic heterocycles. The molecule has 1 saturated carbocycles. The standard InChI is InChI=1S/C19H22N2O3S/c22-19(11-14-4-8-25-13-14)21-6-7-23-17-10-15(9-16(17)21)12-24-18-3-1-2-5-20-18/h1-5,8,13,15-17H,6-7,9-12H2/t15-,16+,17-/m1/s1. The molecule has 0 unspecified atom stereocenters. The fraction of sp³-hybridized carbons (Fsp3) is 0.474. The normalized spacial score (nSPS) is 25.6. The molecule has 3 heterocycles. The average molecular weight is 358 g/mol. The first-order valence-corrected chi connectivity index (χ1v) is 9.70. The number of morpholine rings is 1. The van der Waals surface area contributed by atoms with Gasteiger partial charge in [-0.3, -0.25) is 4.79 Å². The highest BCUT2D eigenvalue weighted by Crippen LogP contribution is 2.35. The van der Waals surface area contributed by atoms with Crippen molar-refractivity contribution < 1.29 is 14.3 Å². The third-order valence-corrected chi connectivity index (χ3v) is 5.73. The van der Waals surface area contributed by atoms with Crippen molar-refractivity contribution >= 4 is 17.2 Å². The molecule has 2 aromatic rings. The maximum atomic E-state index is 12.7. The van der Waals surface area contributed by atoms with Gasteiger partial charge in [0.1, 0.15) is 0 Å². The van der Waals surface area contributed by atoms with Crippen LogP contribution in [0.5, 0.6) is 5.88 Å². The predicted octanol–water partition coefficient (Wildman–Crippen LogP) is 2.77. The van der Waals surface area contributed by atoms with Crippen LogP contribution in [-0.4, -0.2) is 47.7 Å². The predicted molar refractivity (Wildman–Crippen MR) is 95.7 cm³/mol. The summed E-state index contributed by atoms with van der Waals surface area (Å²) in [6, 6.07) is 7.87. The van der Waals surface area contributed by atoms with E-state index in [-0.39, 0.29) is 18.1 Å². The van der Waals surface area contributed by atoms with Crippen LogP contribution in [0.25, 0.3) is 0 Å². The zero-order valence-electron chi connectivity index (χ0n) is 14.0. The van der Waals surface area contributed by atoms with E-state index in [1.807, 2.05) is 39.9 Å². The summed E-state index contributed by atoms with van der Waals surface area (Å²) in [4.78, 5) is 19.0. The number of hydrogen-bond acceptors (Lipinski definition) is 5. The Morgan fingerprint density at radius 1 is 1.36 bits per heavy atom. The van der Waals surface area contributed by atoms with E-state index in [0.29, 0.717) is 38.0 Å². The summed E-state index contributed by atoms with van der Waals surface area (Å²) in [6.45, 7) is 1.95. The van der Waals surface area contributed by atoms with Gasteiger partial charge in [0, 0.05) is 18.8 Å². The Hall–Kier alpha value is -1.92. The Kier molecular flexibility index (Phi) is 4.99. The number of nitrogens with zero attached hydrogens (tertiary/aromatic N) is 2. The van der Waals surface area contributed by atoms with Crippen molar-refractivity contribution in [2.75, 3.05) is 19.8 Å². The lowest BCUT2D eigenvalue weighted by Gasteiger charge is -2.37. The summed E-state index contributed by atoms with van der Waals surface area (Å²) >= 11 is 1.63. The van der Waals surface area contributed by atoms with Gasteiger partial charge < -0.3 is 14.4 Å². The van der Waals surface area contributed by atoms with Gasteiger partial charge in [0.2, 0.25) is 11.8 Å². The molecule has 25 heavy (non-hydrogen) atoms. The van der Waals surface area contributed by atoms with Gasteiger partial charge in [-0.05, 0) is 47.2 Å². The van der Waals surface area contributed by atoms with Crippen molar-refractivity contribution in [3.63, 3.8) is 0 Å². The molecule has 0 radical (unpaired) electrons. The number of ether oxygens (including phenoxy) is 2. The number of carbonyl (C=O) groups excluding carboxylic acids is 1. The lowest BCUT2D eigenvalue weighted by atomic mass is 10.1. The van der Waals surface area contributed by atoms with Gasteiger partial charge in [0.05, 0.1) is 31.8 Å². The summed E-state index contributed by atoms with van der Waals surface area (Å²) in [5.74, 6) is 1.26. The Labute approximate surface area is 151 Å². The van der Waals surface area contributed by atoms with Crippen LogP contribution in [0.15, 0.2) is 41.2 Å². The van der Waals surface area contributed by atoms with Crippen molar-refractivity contribution in [2.45, 2.75) is 31.4 Å². The van der Waals surface area contributed by atoms with Crippen LogP contribution in [0.2, 0.25) is 0 Å². The monoisotopic (exact) mass is 358 g/mol. The molecule has 3 atom stereocenters. The van der Waals surface area contributed by atoms with Crippen molar-refractivity contribution in [1.29, 1.82) is 0 Å². The summed E-state index contributed by atoms with van der Waals surface area (Å²) in [5.41, 5.74) is 1.10. The highest BCUT2D eigenvalue weighted by Gasteiger charge is 2.42. The van der Waals surface area contributed by atoms with Crippen molar-refractivity contribution in [1.82, 2.24) is 9.88 Å². The molecule has 0 N–H and O–H groups in total. The molecule has 1 aliphatic heterocycles. The van der Waals surface area contributed by atoms with E-state index in [1.54, 1.807) is 17.5 Å². The topological polar surface area (TPSA) is 51.7 Å². The van der Waals surface area contributed by atoms with Crippen LogP contribution in [0.4, 0.5) is 0 Å². The second-order valence-electron chi connectivity index (χ2n) is 6.69. The molecule has 5 nitrogen and oxygen atoms in total. The molecule has 4 rings (SSSR count). The van der Waals surface area contributed by atoms with E-state index >= 15 is 0 Å². The molecule has 1 amide bonds. The van der Waals surface area contributed by atoms with E-state index in [0.717, 1.165) is 18.4 Å². The highest BCUT2D eigenvalue weighted by atomic mass is 32.1. The minimum Gasteiger partial charge on any atom is -0.477 e. The zero-order valence-corrected chi connectivity index (χ0v) is 14.9. The van der Waals surface area contributed by atoms with Gasteiger partial charge in [-0.15, -0.1) is 0 Å². The maximum absolute atomic E-state index is 12.7. The molecule has 1 saturated heterocycles. The summed E-state index contributed by atoms with van der Waals surface area (Å²) in [5, 5.41) is 4.07. The minimum atomic E-state index is 0.137. The van der Waals surface area contributed by atoms with Gasteiger partial charge >= 0.3 is 0 Å². The van der Waals surface area contributed by atoms with Crippen molar-refractivity contribution in [2.24, 2.45) is 5.92 Å². The lowest BCUT2D eigenvalue weighted by Crippen LogP contribution is -2.51. The molecule has 0 aromatic carbocycles. The number of rotatable bonds is 5. The van der Waals surface area contributed by atoms with Crippen LogP contribution in [-0.2, 0) is 16.0 Å². The molecule has 0 bridgehead atoms. The maximum Gasteiger partial charge on any atom is 0.227 e. The molecule has 0 spiro atoms. The Morgan fingerprint density at radius 2 is 2.32 bits per heavy atom. The Morgan fingerprint density at radius 3 is 3.12 bits per heavy atom. The molecule has 1 aliphatic carbocycles. The molecule has 2 fully saturated rings. The average Bonchev–Trinajstić information content (AvgIpc) is 3.29. The van der Waals surface area contributed by atoms with Crippen molar-refractivity contribution in [3.8, 4) is 5.88 Å². The Bertz CT molecular complexity index is 692. The molecular weight excluding hydrogens is 336 g/mol. The highest BCUT2D eigenvalue weighted by molar-refractivity contribution is 7.08. The van der Waals surface area contributed by atoms with Crippen LogP contribution >= 0.6 is 11.3 Å². The van der Waals surface area contributed by atoms with Gasteiger partial charge in [-0.2, -0.15) is 11.3 Å². The smallest absolute Gasteiger partial charge is 0.227 e. The lowest BCUT2D eigenvalue weighted by molar-refractivity contribution is -0.143. The molecule has 6 heteroatoms. The first-order valence-electron chi connectivity index (χ1n) is 8.75. The minimum absolute atomic E-state index is 0.137. The van der Waals surface area contributed by atoms with Gasteiger partial charge in [-0.25, -0.2) is 4.98 Å². The molecular formula is C19H22N2O3S. The fourth-order valence-electron chi connectivity index (χ4n) is 3.80. The largest absolute Gasteiger partial charge is 0.477 e. The summed E-state index contributed by atoms with van der Waals surface area (Å²) in [7, 11) is 0. The zero-order chi connectivity index (χ0) is 17.1. The van der Waals surface area contributed by atoms with Crippen LogP contribution in [0, 0.1) is 5.92 Å². The second-order valence-corrected chi connectivity index (χ2v) is 7.47. The number of carbonyl (C=O) groups is 1. The third-order valence-electron chi connectivity index (χ3n) is 4.99. The number of thiophene rings is 1. The number of hydrogen-bond donors (Lipinski definition) is 0. The number of pyridine rings is 1. The van der Waals surface area contributed by atoms with Gasteiger partial charge in [0.15, 0.2) is 0 Å². The molecule has 2 aliphatic rings. The van der Waals surface area contributed by atoms with E-state index in [1.165, 1.54) is 0 Å². The SMILES string of the molecule is O=C(Cc1ccsc1)N1CCO[C@@H]2C[C@H](COc3ccccn3)C[C@@H]21. The number of amides is 1. The second kappa shape index (κ2) is 7.54. The van der Waals surface area contributed by atoms with Gasteiger partial charge in [-0.1, -0.05) is 6.07 Å². The van der Waals surface area contributed by atoms with E-state index in [2.05, 4.69) is 4.98 Å². The number of fused-ring (bicyclic) bond motifs is 1. The van der Waals surface area contributed by atoms with E-state index < -0.39 is 0 Å². The van der Waals surface area contributed by atoms with E-state index in [4.69, 9.17) is 9.47 Å². The van der Waals surface area contributed by atoms with Gasteiger partial charge in [0.25, 0.3) is 0 Å². The summed E-state index contributed by atoms with van der Waals surface area (Å²) < 4.78 is 11.7. The van der Waals surface area contributed by atoms with Crippen LogP contribution < -0.4 is 4.74 Å². The fourth-order valence-corrected chi connectivity index (χ4v) is 4.47. The first-order chi connectivity index (χ1) is 12.3. The van der Waals surface area contributed by atoms with Crippen LogP contribution in [0.1, 0.15) is 18.4 Å². The molecule has 132 valence electrons. The van der Waals surface area contributed by atoms with Crippen molar-refractivity contribution in [3.05, 3.63) is 46.8 Å². The first kappa shape index (κ1) is 16.5. The quantitative estimate of drug-likeness (QED) is 0.825. The van der Waals surface area contributed by atoms with E-state index in [9.17, 15) is 4.79 Å². The Balaban J connectivity index is 1.35. The third kappa shape index (κ3) is 3.85. The number of aromatic nitrogens is 1. The van der Waals surface area contributed by atoms with Crippen LogP contribution in [0.3, 0.4) is 0 Å².